The first kappa shape index (κ1) is 17.3. The second-order valence-electron chi connectivity index (χ2n) is 3.35. The standard InChI is InChI=1S/C9H13NO.H4O5P2/c1-10(2)9-5-3-8(7-11)4-6-9;1-6(2)5-7(3)4/h3-6,11H,7H2,1-2H3;6-7H,(H,1,2)(H,3,4). The molecular weight excluding hydrogens is 280 g/mol. The second-order valence-corrected chi connectivity index (χ2v) is 5.23. The molecule has 0 fully saturated rings. The quantitative estimate of drug-likeness (QED) is 0.712. The van der Waals surface area contributed by atoms with Crippen molar-refractivity contribution >= 4 is 22.2 Å². The summed E-state index contributed by atoms with van der Waals surface area (Å²) in [6, 6.07) is 7.84. The molecule has 1 aromatic rings. The van der Waals surface area contributed by atoms with Gasteiger partial charge in [0.25, 0.3) is 0 Å². The van der Waals surface area contributed by atoms with E-state index in [-0.39, 0.29) is 6.61 Å². The van der Waals surface area contributed by atoms with E-state index in [0.29, 0.717) is 0 Å². The fourth-order valence-corrected chi connectivity index (χ4v) is 1.57. The van der Waals surface area contributed by atoms with Crippen molar-refractivity contribution in [2.24, 2.45) is 0 Å². The van der Waals surface area contributed by atoms with Crippen LogP contribution in [0.4, 0.5) is 5.69 Å². The fourth-order valence-electron chi connectivity index (χ4n) is 0.974. The SMILES string of the molecule is CN(C)c1ccc(CO)cc1.O=[PH](O)O[PH](=O)O. The van der Waals surface area contributed by atoms with Crippen LogP contribution in [0.15, 0.2) is 24.3 Å². The van der Waals surface area contributed by atoms with Crippen LogP contribution >= 0.6 is 16.5 Å². The van der Waals surface area contributed by atoms with E-state index in [1.807, 2.05) is 43.3 Å². The zero-order chi connectivity index (χ0) is 14.1. The highest BCUT2D eigenvalue weighted by atomic mass is 31.2. The maximum atomic E-state index is 9.44. The van der Waals surface area contributed by atoms with E-state index in [9.17, 15) is 9.13 Å². The van der Waals surface area contributed by atoms with E-state index < -0.39 is 16.5 Å². The summed E-state index contributed by atoms with van der Waals surface area (Å²) in [4.78, 5) is 17.5. The lowest BCUT2D eigenvalue weighted by Crippen LogP contribution is -2.08. The largest absolute Gasteiger partial charge is 0.392 e. The minimum Gasteiger partial charge on any atom is -0.392 e. The molecule has 0 aliphatic carbocycles. The molecule has 0 amide bonds. The normalized spacial score (nSPS) is 13.2. The van der Waals surface area contributed by atoms with E-state index in [1.54, 1.807) is 0 Å². The lowest BCUT2D eigenvalue weighted by molar-refractivity contribution is 0.282. The Morgan fingerprint density at radius 2 is 1.56 bits per heavy atom. The van der Waals surface area contributed by atoms with E-state index in [0.717, 1.165) is 11.3 Å². The average Bonchev–Trinajstić information content (AvgIpc) is 2.28. The third kappa shape index (κ3) is 8.42. The van der Waals surface area contributed by atoms with Gasteiger partial charge in [0.1, 0.15) is 0 Å². The summed E-state index contributed by atoms with van der Waals surface area (Å²) in [5.74, 6) is 0. The maximum Gasteiger partial charge on any atom is 0.323 e. The molecule has 1 aromatic carbocycles. The molecule has 0 heterocycles. The fraction of sp³-hybridized carbons (Fsp3) is 0.333. The molecule has 0 spiro atoms. The van der Waals surface area contributed by atoms with Gasteiger partial charge in [0.05, 0.1) is 6.61 Å². The van der Waals surface area contributed by atoms with Gasteiger partial charge < -0.3 is 19.8 Å². The average molecular weight is 297 g/mol. The first-order valence-electron chi connectivity index (χ1n) is 4.87. The Bertz CT molecular complexity index is 383. The van der Waals surface area contributed by atoms with Crippen LogP contribution in [0, 0.1) is 0 Å². The summed E-state index contributed by atoms with van der Waals surface area (Å²) in [5.41, 5.74) is 2.11. The molecule has 0 aromatic heterocycles. The Morgan fingerprint density at radius 1 is 1.11 bits per heavy atom. The number of aliphatic hydroxyl groups is 1. The van der Waals surface area contributed by atoms with Gasteiger partial charge in [0, 0.05) is 19.8 Å². The lowest BCUT2D eigenvalue weighted by atomic mass is 10.2. The first-order chi connectivity index (χ1) is 8.36. The van der Waals surface area contributed by atoms with Crippen LogP contribution in [0.1, 0.15) is 5.56 Å². The Balaban J connectivity index is 0.000000360. The molecule has 9 heteroatoms. The van der Waals surface area contributed by atoms with Crippen molar-refractivity contribution in [1.29, 1.82) is 0 Å². The van der Waals surface area contributed by atoms with Crippen molar-refractivity contribution in [2.45, 2.75) is 6.61 Å². The Hall–Kier alpha value is -0.680. The third-order valence-corrected chi connectivity index (χ3v) is 3.21. The van der Waals surface area contributed by atoms with Crippen LogP contribution in [0.2, 0.25) is 0 Å². The number of hydrogen-bond acceptors (Lipinski definition) is 5. The predicted octanol–water partition coefficient (Wildman–Crippen LogP) is 1.01. The van der Waals surface area contributed by atoms with Crippen molar-refractivity contribution in [3.8, 4) is 0 Å². The van der Waals surface area contributed by atoms with Gasteiger partial charge in [-0.05, 0) is 17.7 Å². The lowest BCUT2D eigenvalue weighted by Gasteiger charge is -2.11. The zero-order valence-electron chi connectivity index (χ0n) is 10.0. The van der Waals surface area contributed by atoms with Gasteiger partial charge in [-0.25, -0.2) is 4.31 Å². The molecule has 7 nitrogen and oxygen atoms in total. The minimum absolute atomic E-state index is 0.119. The van der Waals surface area contributed by atoms with Crippen LogP contribution in [-0.2, 0) is 20.0 Å². The number of hydrogen-bond donors (Lipinski definition) is 3. The molecular formula is C9H17NO6P2. The van der Waals surface area contributed by atoms with Crippen molar-refractivity contribution < 1.29 is 28.3 Å². The highest BCUT2D eigenvalue weighted by Gasteiger charge is 1.94. The Kier molecular flexibility index (Phi) is 8.93. The Labute approximate surface area is 107 Å². The van der Waals surface area contributed by atoms with Gasteiger partial charge in [0.2, 0.25) is 0 Å². The van der Waals surface area contributed by atoms with Crippen LogP contribution in [-0.4, -0.2) is 29.0 Å². The van der Waals surface area contributed by atoms with Crippen molar-refractivity contribution in [1.82, 2.24) is 0 Å². The molecule has 104 valence electrons. The van der Waals surface area contributed by atoms with Gasteiger partial charge in [0.15, 0.2) is 0 Å². The van der Waals surface area contributed by atoms with Crippen molar-refractivity contribution in [3.63, 3.8) is 0 Å². The number of rotatable bonds is 4. The summed E-state index contributed by atoms with van der Waals surface area (Å²) >= 11 is 0. The molecule has 2 atom stereocenters. The van der Waals surface area contributed by atoms with Gasteiger partial charge in [-0.1, -0.05) is 12.1 Å². The number of anilines is 1. The smallest absolute Gasteiger partial charge is 0.323 e. The first-order valence-corrected chi connectivity index (χ1v) is 7.40. The summed E-state index contributed by atoms with van der Waals surface area (Å²) in [7, 11) is -2.41. The third-order valence-electron chi connectivity index (χ3n) is 1.81. The minimum atomic E-state index is -3.20. The molecule has 0 bridgehead atoms. The highest BCUT2D eigenvalue weighted by molar-refractivity contribution is 7.46. The van der Waals surface area contributed by atoms with Gasteiger partial charge in [-0.3, -0.25) is 9.13 Å². The molecule has 0 radical (unpaired) electrons. The maximum absolute atomic E-state index is 9.44. The summed E-state index contributed by atoms with van der Waals surface area (Å²) in [6.07, 6.45) is 0. The molecule has 1 rings (SSSR count). The molecule has 0 saturated carbocycles. The summed E-state index contributed by atoms with van der Waals surface area (Å²) in [5, 5.41) is 8.75. The van der Waals surface area contributed by atoms with Crippen molar-refractivity contribution in [2.75, 3.05) is 19.0 Å². The van der Waals surface area contributed by atoms with Gasteiger partial charge in [-0.2, -0.15) is 0 Å². The van der Waals surface area contributed by atoms with Gasteiger partial charge in [-0.15, -0.1) is 0 Å². The van der Waals surface area contributed by atoms with Crippen molar-refractivity contribution in [3.05, 3.63) is 29.8 Å². The molecule has 0 aliphatic heterocycles. The number of aliphatic hydroxyl groups excluding tert-OH is 1. The summed E-state index contributed by atoms with van der Waals surface area (Å²) in [6.45, 7) is 0.119. The predicted molar refractivity (Wildman–Crippen MR) is 70.2 cm³/mol. The van der Waals surface area contributed by atoms with Crippen LogP contribution in [0.5, 0.6) is 0 Å². The highest BCUT2D eigenvalue weighted by Crippen LogP contribution is 2.30. The van der Waals surface area contributed by atoms with E-state index >= 15 is 0 Å². The molecule has 3 N–H and O–H groups in total. The summed E-state index contributed by atoms with van der Waals surface area (Å²) < 4.78 is 22.3. The van der Waals surface area contributed by atoms with E-state index in [1.165, 1.54) is 0 Å². The molecule has 0 saturated heterocycles. The zero-order valence-corrected chi connectivity index (χ0v) is 12.0. The van der Waals surface area contributed by atoms with Crippen LogP contribution in [0.25, 0.3) is 0 Å². The molecule has 18 heavy (non-hydrogen) atoms. The molecule has 2 unspecified atom stereocenters. The van der Waals surface area contributed by atoms with Gasteiger partial charge >= 0.3 is 16.5 Å². The number of nitrogens with zero attached hydrogens (tertiary/aromatic N) is 1. The monoisotopic (exact) mass is 297 g/mol. The molecule has 0 aliphatic rings. The Morgan fingerprint density at radius 3 is 1.78 bits per heavy atom. The van der Waals surface area contributed by atoms with Crippen LogP contribution < -0.4 is 4.90 Å². The van der Waals surface area contributed by atoms with E-state index in [2.05, 4.69) is 4.31 Å². The van der Waals surface area contributed by atoms with Crippen LogP contribution in [0.3, 0.4) is 0 Å². The number of benzene rings is 1. The second kappa shape index (κ2) is 9.28. The topological polar surface area (TPSA) is 107 Å². The van der Waals surface area contributed by atoms with E-state index in [4.69, 9.17) is 14.9 Å².